The van der Waals surface area contributed by atoms with Crippen LogP contribution in [0.15, 0.2) is 32.8 Å². The van der Waals surface area contributed by atoms with Gasteiger partial charge >= 0.3 is 0 Å². The molecule has 0 radical (unpaired) electrons. The number of benzene rings is 1. The number of hydrogen-bond acceptors (Lipinski definition) is 0. The largest absolute Gasteiger partial charge is 0.0606 e. The molecule has 0 amide bonds. The van der Waals surface area contributed by atoms with Crippen LogP contribution >= 0.6 is 38.5 Å². The molecule has 0 aromatic heterocycles. The summed E-state index contributed by atoms with van der Waals surface area (Å²) in [5, 5.41) is 0. The Morgan fingerprint density at radius 2 is 2.20 bits per heavy atom. The minimum Gasteiger partial charge on any atom is -0.0606 e. The lowest BCUT2D eigenvalue weighted by Gasteiger charge is -1.91. The van der Waals surface area contributed by atoms with Crippen LogP contribution < -0.4 is 0 Å². The van der Waals surface area contributed by atoms with Gasteiger partial charge in [0, 0.05) is 4.47 Å². The van der Waals surface area contributed by atoms with Crippen LogP contribution in [0.25, 0.3) is 6.08 Å². The highest BCUT2D eigenvalue weighted by molar-refractivity contribution is 14.1. The van der Waals surface area contributed by atoms with Crippen molar-refractivity contribution in [2.45, 2.75) is 0 Å². The monoisotopic (exact) mass is 308 g/mol. The molecule has 0 spiro atoms. The predicted molar refractivity (Wildman–Crippen MR) is 57.2 cm³/mol. The fraction of sp³-hybridized carbons (Fsp3) is 0. The van der Waals surface area contributed by atoms with Gasteiger partial charge in [0.25, 0.3) is 0 Å². The summed E-state index contributed by atoms with van der Waals surface area (Å²) < 4.78 is 3.12. The van der Waals surface area contributed by atoms with E-state index in [1.54, 1.807) is 0 Å². The third-order valence-corrected chi connectivity index (χ3v) is 1.96. The number of hydrogen-bond donors (Lipinski definition) is 0. The molecular weight excluding hydrogens is 303 g/mol. The fourth-order valence-electron chi connectivity index (χ4n) is 0.683. The molecule has 2 heteroatoms. The molecule has 0 unspecified atom stereocenters. The van der Waals surface area contributed by atoms with Crippen molar-refractivity contribution in [3.05, 3.63) is 38.4 Å². The molecule has 0 atom stereocenters. The van der Waals surface area contributed by atoms with Crippen molar-refractivity contribution >= 4 is 44.6 Å². The highest BCUT2D eigenvalue weighted by atomic mass is 127. The molecule has 1 aromatic rings. The van der Waals surface area contributed by atoms with Gasteiger partial charge in [-0.05, 0) is 27.9 Å². The number of halogens is 2. The van der Waals surface area contributed by atoms with E-state index < -0.39 is 0 Å². The first-order chi connectivity index (χ1) is 4.83. The van der Waals surface area contributed by atoms with Crippen molar-refractivity contribution in [1.29, 1.82) is 0 Å². The Morgan fingerprint density at radius 3 is 2.80 bits per heavy atom. The van der Waals surface area contributed by atoms with Crippen molar-refractivity contribution < 1.29 is 0 Å². The summed E-state index contributed by atoms with van der Waals surface area (Å²) in [5.41, 5.74) is 1.23. The van der Waals surface area contributed by atoms with Crippen LogP contribution in [-0.4, -0.2) is 0 Å². The van der Waals surface area contributed by atoms with Gasteiger partial charge in [0.15, 0.2) is 0 Å². The van der Waals surface area contributed by atoms with Crippen molar-refractivity contribution in [1.82, 2.24) is 0 Å². The molecule has 0 aliphatic carbocycles. The summed E-state index contributed by atoms with van der Waals surface area (Å²) >= 11 is 5.60. The van der Waals surface area contributed by atoms with Crippen LogP contribution in [0.4, 0.5) is 0 Å². The van der Waals surface area contributed by atoms with Gasteiger partial charge in [-0.1, -0.05) is 50.7 Å². The van der Waals surface area contributed by atoms with Gasteiger partial charge < -0.3 is 0 Å². The zero-order chi connectivity index (χ0) is 7.40. The minimum atomic E-state index is 1.12. The zero-order valence-electron chi connectivity index (χ0n) is 5.22. The van der Waals surface area contributed by atoms with Crippen molar-refractivity contribution in [2.75, 3.05) is 0 Å². The van der Waals surface area contributed by atoms with E-state index >= 15 is 0 Å². The molecule has 1 rings (SSSR count). The average Bonchev–Trinajstić information content (AvgIpc) is 1.88. The molecule has 0 aliphatic heterocycles. The van der Waals surface area contributed by atoms with Crippen molar-refractivity contribution in [3.63, 3.8) is 0 Å². The molecule has 0 heterocycles. The van der Waals surface area contributed by atoms with Gasteiger partial charge in [0.2, 0.25) is 0 Å². The van der Waals surface area contributed by atoms with Crippen LogP contribution in [-0.2, 0) is 0 Å². The summed E-state index contributed by atoms with van der Waals surface area (Å²) in [7, 11) is 0. The summed E-state index contributed by atoms with van der Waals surface area (Å²) in [6.07, 6.45) is 2.06. The quantitative estimate of drug-likeness (QED) is 0.691. The Balaban J connectivity index is 2.95. The lowest BCUT2D eigenvalue weighted by Crippen LogP contribution is -1.68. The topological polar surface area (TPSA) is 0 Å². The lowest BCUT2D eigenvalue weighted by atomic mass is 10.2. The van der Waals surface area contributed by atoms with Gasteiger partial charge in [0.1, 0.15) is 0 Å². The molecular formula is C8H6BrI. The Hall–Kier alpha value is 0.170. The highest BCUT2D eigenvalue weighted by Crippen LogP contribution is 2.12. The van der Waals surface area contributed by atoms with Crippen molar-refractivity contribution in [2.24, 2.45) is 0 Å². The van der Waals surface area contributed by atoms with Crippen LogP contribution in [0, 0.1) is 0 Å². The summed E-state index contributed by atoms with van der Waals surface area (Å²) in [5.74, 6) is 0. The highest BCUT2D eigenvalue weighted by Gasteiger charge is 1.85. The smallest absolute Gasteiger partial charge is 0.0181 e. The first-order valence-corrected chi connectivity index (χ1v) is 4.89. The SMILES string of the molecule is Brc1cccc(C=CI)c1. The third-order valence-electron chi connectivity index (χ3n) is 1.10. The molecule has 52 valence electrons. The fourth-order valence-corrected chi connectivity index (χ4v) is 1.52. The molecule has 0 bridgehead atoms. The molecule has 10 heavy (non-hydrogen) atoms. The Morgan fingerprint density at radius 1 is 1.40 bits per heavy atom. The van der Waals surface area contributed by atoms with Gasteiger partial charge in [-0.15, -0.1) is 0 Å². The van der Waals surface area contributed by atoms with E-state index in [-0.39, 0.29) is 0 Å². The lowest BCUT2D eigenvalue weighted by molar-refractivity contribution is 1.61. The molecule has 0 saturated heterocycles. The van der Waals surface area contributed by atoms with E-state index in [4.69, 9.17) is 0 Å². The third kappa shape index (κ3) is 2.42. The Kier molecular flexibility index (Phi) is 3.42. The van der Waals surface area contributed by atoms with Crippen LogP contribution in [0.2, 0.25) is 0 Å². The van der Waals surface area contributed by atoms with E-state index in [0.29, 0.717) is 0 Å². The number of rotatable bonds is 1. The predicted octanol–water partition coefficient (Wildman–Crippen LogP) is 3.85. The van der Waals surface area contributed by atoms with Gasteiger partial charge in [-0.2, -0.15) is 0 Å². The standard InChI is InChI=1S/C8H6BrI/c9-8-3-1-2-7(6-8)4-5-10/h1-6H. The molecule has 0 aliphatic rings. The molecule has 1 aromatic carbocycles. The summed E-state index contributed by atoms with van der Waals surface area (Å²) in [4.78, 5) is 0. The molecule has 0 saturated carbocycles. The first-order valence-electron chi connectivity index (χ1n) is 2.85. The summed E-state index contributed by atoms with van der Waals surface area (Å²) in [6, 6.07) is 8.19. The maximum absolute atomic E-state index is 3.40. The molecule has 0 nitrogen and oxygen atoms in total. The van der Waals surface area contributed by atoms with Crippen molar-refractivity contribution in [3.8, 4) is 0 Å². The van der Waals surface area contributed by atoms with Crippen LogP contribution in [0.1, 0.15) is 5.56 Å². The normalized spacial score (nSPS) is 10.6. The summed E-state index contributed by atoms with van der Waals surface area (Å²) in [6.45, 7) is 0. The van der Waals surface area contributed by atoms with E-state index in [1.807, 2.05) is 16.2 Å². The van der Waals surface area contributed by atoms with Gasteiger partial charge in [-0.3, -0.25) is 0 Å². The molecule has 0 N–H and O–H groups in total. The zero-order valence-corrected chi connectivity index (χ0v) is 8.96. The van der Waals surface area contributed by atoms with E-state index in [0.717, 1.165) is 4.47 Å². The van der Waals surface area contributed by atoms with E-state index in [2.05, 4.69) is 56.7 Å². The second-order valence-corrected chi connectivity index (χ2v) is 3.48. The second kappa shape index (κ2) is 4.13. The van der Waals surface area contributed by atoms with Crippen LogP contribution in [0.5, 0.6) is 0 Å². The average molecular weight is 309 g/mol. The van der Waals surface area contributed by atoms with E-state index in [1.165, 1.54) is 5.56 Å². The Labute approximate surface area is 82.6 Å². The second-order valence-electron chi connectivity index (χ2n) is 1.85. The maximum Gasteiger partial charge on any atom is 0.0181 e. The van der Waals surface area contributed by atoms with Gasteiger partial charge in [0.05, 0.1) is 0 Å². The van der Waals surface area contributed by atoms with Gasteiger partial charge in [-0.25, -0.2) is 0 Å². The molecule has 0 fully saturated rings. The minimum absolute atomic E-state index is 1.12. The van der Waals surface area contributed by atoms with E-state index in [9.17, 15) is 0 Å². The Bertz CT molecular complexity index is 243. The maximum atomic E-state index is 3.40. The first kappa shape index (κ1) is 8.27. The van der Waals surface area contributed by atoms with Crippen LogP contribution in [0.3, 0.4) is 0 Å².